The zero-order valence-electron chi connectivity index (χ0n) is 9.76. The van der Waals surface area contributed by atoms with Gasteiger partial charge in [0.1, 0.15) is 0 Å². The molecule has 0 aromatic carbocycles. The third kappa shape index (κ3) is 4.13. The molecular formula is C12H22BrNO. The molecule has 0 radical (unpaired) electrons. The average Bonchev–Trinajstić information content (AvgIpc) is 2.29. The van der Waals surface area contributed by atoms with Gasteiger partial charge in [-0.25, -0.2) is 0 Å². The molecule has 1 fully saturated rings. The van der Waals surface area contributed by atoms with Gasteiger partial charge in [0.05, 0.1) is 4.83 Å². The molecule has 0 aliphatic heterocycles. The highest BCUT2D eigenvalue weighted by molar-refractivity contribution is 9.10. The van der Waals surface area contributed by atoms with Gasteiger partial charge >= 0.3 is 0 Å². The van der Waals surface area contributed by atoms with Crippen molar-refractivity contribution in [2.75, 3.05) is 0 Å². The number of carbonyl (C=O) groups excluding carboxylic acids is 1. The van der Waals surface area contributed by atoms with E-state index in [0.29, 0.717) is 6.04 Å². The quantitative estimate of drug-likeness (QED) is 0.785. The van der Waals surface area contributed by atoms with Crippen LogP contribution in [0, 0.1) is 5.92 Å². The van der Waals surface area contributed by atoms with Crippen molar-refractivity contribution in [2.45, 2.75) is 63.2 Å². The lowest BCUT2D eigenvalue weighted by molar-refractivity contribution is -0.121. The fourth-order valence-electron chi connectivity index (χ4n) is 2.19. The molecule has 88 valence electrons. The van der Waals surface area contributed by atoms with Crippen LogP contribution in [0.3, 0.4) is 0 Å². The van der Waals surface area contributed by atoms with Crippen molar-refractivity contribution in [3.05, 3.63) is 0 Å². The summed E-state index contributed by atoms with van der Waals surface area (Å²) in [6, 6.07) is 0.423. The fraction of sp³-hybridized carbons (Fsp3) is 0.917. The minimum atomic E-state index is -0.0126. The minimum Gasteiger partial charge on any atom is -0.352 e. The number of rotatable bonds is 4. The second-order valence-electron chi connectivity index (χ2n) is 4.51. The maximum atomic E-state index is 11.6. The SMILES string of the molecule is CCC1CCC(NC(=O)C(Br)CC)CC1. The maximum absolute atomic E-state index is 11.6. The Balaban J connectivity index is 2.26. The lowest BCUT2D eigenvalue weighted by Gasteiger charge is -2.28. The fourth-order valence-corrected chi connectivity index (χ4v) is 2.32. The Labute approximate surface area is 101 Å². The highest BCUT2D eigenvalue weighted by atomic mass is 79.9. The molecule has 1 aliphatic rings. The number of hydrogen-bond acceptors (Lipinski definition) is 1. The summed E-state index contributed by atoms with van der Waals surface area (Å²) in [6.07, 6.45) is 7.02. The number of halogens is 1. The monoisotopic (exact) mass is 275 g/mol. The van der Waals surface area contributed by atoms with Crippen LogP contribution in [0.5, 0.6) is 0 Å². The van der Waals surface area contributed by atoms with Gasteiger partial charge in [-0.3, -0.25) is 4.79 Å². The van der Waals surface area contributed by atoms with Gasteiger partial charge in [0.2, 0.25) is 5.91 Å². The summed E-state index contributed by atoms with van der Waals surface area (Å²) in [5, 5.41) is 3.13. The summed E-state index contributed by atoms with van der Waals surface area (Å²) in [5.41, 5.74) is 0. The van der Waals surface area contributed by atoms with E-state index in [1.54, 1.807) is 0 Å². The van der Waals surface area contributed by atoms with Crippen molar-refractivity contribution in [3.8, 4) is 0 Å². The summed E-state index contributed by atoms with van der Waals surface area (Å²) in [4.78, 5) is 11.6. The zero-order chi connectivity index (χ0) is 11.3. The zero-order valence-corrected chi connectivity index (χ0v) is 11.3. The second-order valence-corrected chi connectivity index (χ2v) is 5.62. The topological polar surface area (TPSA) is 29.1 Å². The van der Waals surface area contributed by atoms with Crippen LogP contribution in [-0.4, -0.2) is 16.8 Å². The molecular weight excluding hydrogens is 254 g/mol. The van der Waals surface area contributed by atoms with E-state index in [-0.39, 0.29) is 10.7 Å². The van der Waals surface area contributed by atoms with Crippen molar-refractivity contribution in [2.24, 2.45) is 5.92 Å². The number of alkyl halides is 1. The van der Waals surface area contributed by atoms with Crippen molar-refractivity contribution in [1.29, 1.82) is 0 Å². The Morgan fingerprint density at radius 2 is 1.93 bits per heavy atom. The van der Waals surface area contributed by atoms with E-state index in [9.17, 15) is 4.79 Å². The third-order valence-electron chi connectivity index (χ3n) is 3.41. The molecule has 1 saturated carbocycles. The van der Waals surface area contributed by atoms with Crippen molar-refractivity contribution >= 4 is 21.8 Å². The normalized spacial score (nSPS) is 28.5. The largest absolute Gasteiger partial charge is 0.352 e. The van der Waals surface area contributed by atoms with Gasteiger partial charge in [0, 0.05) is 6.04 Å². The van der Waals surface area contributed by atoms with Gasteiger partial charge in [0.25, 0.3) is 0 Å². The lowest BCUT2D eigenvalue weighted by Crippen LogP contribution is -2.41. The molecule has 0 aromatic rings. The van der Waals surface area contributed by atoms with Crippen LogP contribution in [-0.2, 0) is 4.79 Å². The first-order valence-corrected chi connectivity index (χ1v) is 7.03. The molecule has 0 aromatic heterocycles. The molecule has 1 N–H and O–H groups in total. The molecule has 0 saturated heterocycles. The molecule has 1 unspecified atom stereocenters. The molecule has 1 atom stereocenters. The summed E-state index contributed by atoms with van der Waals surface area (Å²) >= 11 is 3.38. The van der Waals surface area contributed by atoms with Crippen LogP contribution < -0.4 is 5.32 Å². The summed E-state index contributed by atoms with van der Waals surface area (Å²) < 4.78 is 0. The van der Waals surface area contributed by atoms with Gasteiger partial charge < -0.3 is 5.32 Å². The summed E-state index contributed by atoms with van der Waals surface area (Å²) in [7, 11) is 0. The van der Waals surface area contributed by atoms with Crippen molar-refractivity contribution in [1.82, 2.24) is 5.32 Å². The smallest absolute Gasteiger partial charge is 0.233 e. The first kappa shape index (κ1) is 13.0. The Kier molecular flexibility index (Phi) is 5.65. The standard InChI is InChI=1S/C12H22BrNO/c1-3-9-5-7-10(8-6-9)14-12(15)11(13)4-2/h9-11H,3-8H2,1-2H3,(H,14,15). The van der Waals surface area contributed by atoms with Crippen LogP contribution in [0.4, 0.5) is 0 Å². The van der Waals surface area contributed by atoms with Crippen molar-refractivity contribution < 1.29 is 4.79 Å². The minimum absolute atomic E-state index is 0.0126. The van der Waals surface area contributed by atoms with Gasteiger partial charge in [0.15, 0.2) is 0 Å². The number of nitrogens with one attached hydrogen (secondary N) is 1. The van der Waals surface area contributed by atoms with E-state index < -0.39 is 0 Å². The van der Waals surface area contributed by atoms with Gasteiger partial charge in [-0.2, -0.15) is 0 Å². The first-order chi connectivity index (χ1) is 7.17. The Morgan fingerprint density at radius 3 is 2.40 bits per heavy atom. The Hall–Kier alpha value is -0.0500. The van der Waals surface area contributed by atoms with Crippen LogP contribution in [0.1, 0.15) is 52.4 Å². The maximum Gasteiger partial charge on any atom is 0.233 e. The summed E-state index contributed by atoms with van der Waals surface area (Å²) in [5.74, 6) is 1.06. The Morgan fingerprint density at radius 1 is 1.33 bits per heavy atom. The second kappa shape index (κ2) is 6.51. The van der Waals surface area contributed by atoms with Gasteiger partial charge in [-0.05, 0) is 38.0 Å². The predicted octanol–water partition coefficient (Wildman–Crippen LogP) is 3.24. The molecule has 0 heterocycles. The lowest BCUT2D eigenvalue weighted by atomic mass is 9.84. The van der Waals surface area contributed by atoms with E-state index in [2.05, 4.69) is 28.2 Å². The predicted molar refractivity (Wildman–Crippen MR) is 67.2 cm³/mol. The average molecular weight is 276 g/mol. The molecule has 1 aliphatic carbocycles. The molecule has 2 nitrogen and oxygen atoms in total. The van der Waals surface area contributed by atoms with Gasteiger partial charge in [-0.15, -0.1) is 0 Å². The van der Waals surface area contributed by atoms with E-state index in [1.807, 2.05) is 6.92 Å². The van der Waals surface area contributed by atoms with E-state index in [0.717, 1.165) is 25.2 Å². The van der Waals surface area contributed by atoms with Gasteiger partial charge in [-0.1, -0.05) is 36.2 Å². The van der Waals surface area contributed by atoms with E-state index in [4.69, 9.17) is 0 Å². The third-order valence-corrected chi connectivity index (χ3v) is 4.48. The molecule has 15 heavy (non-hydrogen) atoms. The van der Waals surface area contributed by atoms with E-state index in [1.165, 1.54) is 19.3 Å². The molecule has 1 amide bonds. The van der Waals surface area contributed by atoms with Crippen LogP contribution in [0.2, 0.25) is 0 Å². The number of carbonyl (C=O) groups is 1. The van der Waals surface area contributed by atoms with E-state index >= 15 is 0 Å². The number of hydrogen-bond donors (Lipinski definition) is 1. The highest BCUT2D eigenvalue weighted by Crippen LogP contribution is 2.26. The Bertz CT molecular complexity index is 200. The number of amides is 1. The van der Waals surface area contributed by atoms with Crippen LogP contribution in [0.25, 0.3) is 0 Å². The van der Waals surface area contributed by atoms with Crippen molar-refractivity contribution in [3.63, 3.8) is 0 Å². The molecule has 0 spiro atoms. The molecule has 1 rings (SSSR count). The molecule has 3 heteroatoms. The first-order valence-electron chi connectivity index (χ1n) is 6.11. The highest BCUT2D eigenvalue weighted by Gasteiger charge is 2.22. The van der Waals surface area contributed by atoms with Crippen LogP contribution in [0.15, 0.2) is 0 Å². The summed E-state index contributed by atoms with van der Waals surface area (Å²) in [6.45, 7) is 4.28. The van der Waals surface area contributed by atoms with Crippen LogP contribution >= 0.6 is 15.9 Å². The molecule has 0 bridgehead atoms.